The van der Waals surface area contributed by atoms with E-state index in [1.54, 1.807) is 40.1 Å². The van der Waals surface area contributed by atoms with Crippen LogP contribution in [0.25, 0.3) is 0 Å². The lowest BCUT2D eigenvalue weighted by atomic mass is 10.1. The summed E-state index contributed by atoms with van der Waals surface area (Å²) in [6.45, 7) is 3.10. The molecule has 0 aliphatic carbocycles. The number of nitrogens with one attached hydrogen (secondary N) is 1. The SMILES string of the molecule is Cc1ccc(N2CCCN(Cc3ccccc3F)C2=O)c(NC(=O)c2ccc(Cl)c(Cl)c2)c1. The molecule has 1 saturated heterocycles. The molecule has 5 nitrogen and oxygen atoms in total. The van der Waals surface area contributed by atoms with Gasteiger partial charge in [0.1, 0.15) is 5.82 Å². The highest BCUT2D eigenvalue weighted by Crippen LogP contribution is 2.31. The summed E-state index contributed by atoms with van der Waals surface area (Å²) in [5, 5.41) is 3.53. The number of benzene rings is 3. The van der Waals surface area contributed by atoms with E-state index in [4.69, 9.17) is 23.2 Å². The van der Waals surface area contributed by atoms with Crippen LogP contribution in [0, 0.1) is 12.7 Å². The molecule has 4 rings (SSSR count). The third-order valence-electron chi connectivity index (χ3n) is 5.50. The van der Waals surface area contributed by atoms with Gasteiger partial charge in [-0.3, -0.25) is 9.69 Å². The molecule has 0 radical (unpaired) electrons. The molecule has 0 saturated carbocycles. The quantitative estimate of drug-likeness (QED) is 0.446. The average molecular weight is 486 g/mol. The molecule has 1 N–H and O–H groups in total. The number of anilines is 2. The highest BCUT2D eigenvalue weighted by Gasteiger charge is 2.29. The minimum atomic E-state index is -0.368. The van der Waals surface area contributed by atoms with Crippen molar-refractivity contribution >= 4 is 46.5 Å². The second-order valence-corrected chi connectivity index (χ2v) is 8.72. The largest absolute Gasteiger partial charge is 0.324 e. The third kappa shape index (κ3) is 5.13. The Morgan fingerprint density at radius 2 is 1.82 bits per heavy atom. The van der Waals surface area contributed by atoms with Gasteiger partial charge in [0.2, 0.25) is 0 Å². The van der Waals surface area contributed by atoms with E-state index >= 15 is 0 Å². The van der Waals surface area contributed by atoms with Crippen LogP contribution in [0.2, 0.25) is 10.0 Å². The predicted molar refractivity (Wildman–Crippen MR) is 130 cm³/mol. The number of halogens is 3. The van der Waals surface area contributed by atoms with Crippen molar-refractivity contribution in [1.29, 1.82) is 0 Å². The van der Waals surface area contributed by atoms with Gasteiger partial charge < -0.3 is 10.2 Å². The summed E-state index contributed by atoms with van der Waals surface area (Å²) < 4.78 is 14.1. The Morgan fingerprint density at radius 3 is 2.58 bits per heavy atom. The number of carbonyl (C=O) groups excluding carboxylic acids is 2. The second kappa shape index (κ2) is 9.81. The highest BCUT2D eigenvalue weighted by molar-refractivity contribution is 6.42. The summed E-state index contributed by atoms with van der Waals surface area (Å²) in [4.78, 5) is 29.4. The van der Waals surface area contributed by atoms with Crippen molar-refractivity contribution < 1.29 is 14.0 Å². The highest BCUT2D eigenvalue weighted by atomic mass is 35.5. The van der Waals surface area contributed by atoms with E-state index in [1.807, 2.05) is 25.1 Å². The van der Waals surface area contributed by atoms with E-state index in [2.05, 4.69) is 5.32 Å². The smallest absolute Gasteiger partial charge is 0.320 e. The Labute approximate surface area is 201 Å². The van der Waals surface area contributed by atoms with E-state index < -0.39 is 0 Å². The molecular weight excluding hydrogens is 464 g/mol. The van der Waals surface area contributed by atoms with Crippen molar-refractivity contribution in [3.05, 3.63) is 93.2 Å². The molecule has 8 heteroatoms. The number of nitrogens with zero attached hydrogens (tertiary/aromatic N) is 2. The van der Waals surface area contributed by atoms with E-state index in [0.29, 0.717) is 47.0 Å². The predicted octanol–water partition coefficient (Wildman–Crippen LogP) is 6.53. The van der Waals surface area contributed by atoms with Gasteiger partial charge in [-0.15, -0.1) is 0 Å². The molecule has 1 heterocycles. The van der Waals surface area contributed by atoms with Gasteiger partial charge in [-0.05, 0) is 55.3 Å². The van der Waals surface area contributed by atoms with Gasteiger partial charge in [-0.25, -0.2) is 9.18 Å². The Morgan fingerprint density at radius 1 is 1.03 bits per heavy atom. The summed E-state index contributed by atoms with van der Waals surface area (Å²) in [7, 11) is 0. The molecule has 3 aromatic rings. The fourth-order valence-corrected chi connectivity index (χ4v) is 4.10. The van der Waals surface area contributed by atoms with Crippen molar-refractivity contribution in [1.82, 2.24) is 4.90 Å². The standard InChI is InChI=1S/C25H22Cl2FN3O2/c1-16-7-10-23(22(13-16)29-24(32)17-8-9-19(26)20(27)14-17)31-12-4-11-30(25(31)33)15-18-5-2-3-6-21(18)28/h2-3,5-10,13-14H,4,11-12,15H2,1H3,(H,29,32). The number of hydrogen-bond donors (Lipinski definition) is 1. The lowest BCUT2D eigenvalue weighted by Crippen LogP contribution is -2.49. The molecule has 0 aromatic heterocycles. The normalized spacial score (nSPS) is 13.9. The fourth-order valence-electron chi connectivity index (χ4n) is 3.80. The van der Waals surface area contributed by atoms with Crippen LogP contribution in [-0.2, 0) is 6.54 Å². The first-order valence-corrected chi connectivity index (χ1v) is 11.3. The molecule has 33 heavy (non-hydrogen) atoms. The van der Waals surface area contributed by atoms with E-state index in [0.717, 1.165) is 5.56 Å². The number of rotatable bonds is 5. The topological polar surface area (TPSA) is 52.6 Å². The molecule has 3 amide bonds. The van der Waals surface area contributed by atoms with Crippen molar-refractivity contribution in [2.24, 2.45) is 0 Å². The van der Waals surface area contributed by atoms with Crippen LogP contribution < -0.4 is 10.2 Å². The number of amides is 3. The maximum absolute atomic E-state index is 14.1. The summed E-state index contributed by atoms with van der Waals surface area (Å²) >= 11 is 12.0. The van der Waals surface area contributed by atoms with Crippen LogP contribution >= 0.6 is 23.2 Å². The van der Waals surface area contributed by atoms with Gasteiger partial charge in [0.25, 0.3) is 5.91 Å². The lowest BCUT2D eigenvalue weighted by Gasteiger charge is -2.36. The second-order valence-electron chi connectivity index (χ2n) is 7.90. The Balaban J connectivity index is 1.59. The number of aryl methyl sites for hydroxylation is 1. The Kier molecular flexibility index (Phi) is 6.86. The van der Waals surface area contributed by atoms with Gasteiger partial charge in [-0.1, -0.05) is 47.5 Å². The molecule has 0 spiro atoms. The summed E-state index contributed by atoms with van der Waals surface area (Å²) in [5.41, 5.74) is 2.83. The van der Waals surface area contributed by atoms with Crippen molar-refractivity contribution in [2.45, 2.75) is 19.9 Å². The van der Waals surface area contributed by atoms with Crippen LogP contribution in [0.5, 0.6) is 0 Å². The van der Waals surface area contributed by atoms with E-state index in [9.17, 15) is 14.0 Å². The maximum atomic E-state index is 14.1. The van der Waals surface area contributed by atoms with Gasteiger partial charge in [0.05, 0.1) is 28.0 Å². The molecule has 1 fully saturated rings. The average Bonchev–Trinajstić information content (AvgIpc) is 2.79. The van der Waals surface area contributed by atoms with Crippen LogP contribution in [0.15, 0.2) is 60.7 Å². The zero-order valence-corrected chi connectivity index (χ0v) is 19.5. The molecule has 0 unspecified atom stereocenters. The summed E-state index contributed by atoms with van der Waals surface area (Å²) in [5.74, 6) is -0.708. The minimum Gasteiger partial charge on any atom is -0.320 e. The van der Waals surface area contributed by atoms with Crippen molar-refractivity contribution in [3.63, 3.8) is 0 Å². The van der Waals surface area contributed by atoms with Crippen molar-refractivity contribution in [3.8, 4) is 0 Å². The fraction of sp³-hybridized carbons (Fsp3) is 0.200. The molecule has 1 aliphatic rings. The molecular formula is C25H22Cl2FN3O2. The minimum absolute atomic E-state index is 0.179. The van der Waals surface area contributed by atoms with Crippen LogP contribution in [0.1, 0.15) is 27.9 Å². The number of carbonyl (C=O) groups is 2. The summed E-state index contributed by atoms with van der Waals surface area (Å²) in [6, 6.07) is 16.3. The first-order valence-electron chi connectivity index (χ1n) is 10.5. The van der Waals surface area contributed by atoms with Gasteiger partial charge in [0, 0.05) is 24.2 Å². The zero-order valence-electron chi connectivity index (χ0n) is 17.9. The molecule has 0 bridgehead atoms. The Hall–Kier alpha value is -3.09. The molecule has 0 atom stereocenters. The van der Waals surface area contributed by atoms with Gasteiger partial charge >= 0.3 is 6.03 Å². The molecule has 170 valence electrons. The first-order chi connectivity index (χ1) is 15.8. The Bertz CT molecular complexity index is 1220. The molecule has 3 aromatic carbocycles. The van der Waals surface area contributed by atoms with Crippen LogP contribution in [0.4, 0.5) is 20.6 Å². The lowest BCUT2D eigenvalue weighted by molar-refractivity contribution is 0.102. The zero-order chi connectivity index (χ0) is 23.5. The monoisotopic (exact) mass is 485 g/mol. The summed E-state index contributed by atoms with van der Waals surface area (Å²) in [6.07, 6.45) is 0.717. The van der Waals surface area contributed by atoms with Crippen molar-refractivity contribution in [2.75, 3.05) is 23.3 Å². The van der Waals surface area contributed by atoms with Crippen LogP contribution in [-0.4, -0.2) is 29.9 Å². The van der Waals surface area contributed by atoms with Gasteiger partial charge in [-0.2, -0.15) is 0 Å². The van der Waals surface area contributed by atoms with E-state index in [1.165, 1.54) is 12.1 Å². The maximum Gasteiger partial charge on any atom is 0.324 e. The van der Waals surface area contributed by atoms with Crippen LogP contribution in [0.3, 0.4) is 0 Å². The third-order valence-corrected chi connectivity index (χ3v) is 6.24. The van der Waals surface area contributed by atoms with E-state index in [-0.39, 0.29) is 29.3 Å². The first kappa shape index (κ1) is 23.1. The number of urea groups is 1. The molecule has 1 aliphatic heterocycles. The number of hydrogen-bond acceptors (Lipinski definition) is 2. The van der Waals surface area contributed by atoms with Gasteiger partial charge in [0.15, 0.2) is 0 Å².